The molecule has 0 unspecified atom stereocenters. The minimum atomic E-state index is -1.12. The van der Waals surface area contributed by atoms with E-state index in [-0.39, 0.29) is 17.9 Å². The van der Waals surface area contributed by atoms with Crippen molar-refractivity contribution >= 4 is 21.7 Å². The quantitative estimate of drug-likeness (QED) is 0.662. The Morgan fingerprint density at radius 2 is 2.20 bits per heavy atom. The summed E-state index contributed by atoms with van der Waals surface area (Å²) in [5, 5.41) is 9.45. The third kappa shape index (κ3) is 1.90. The molecule has 20 heavy (non-hydrogen) atoms. The summed E-state index contributed by atoms with van der Waals surface area (Å²) in [6.45, 7) is -0.282. The topological polar surface area (TPSA) is 114 Å². The van der Waals surface area contributed by atoms with Crippen LogP contribution in [0.3, 0.4) is 0 Å². The molecule has 0 saturated carbocycles. The molecule has 102 valence electrons. The van der Waals surface area contributed by atoms with Crippen molar-refractivity contribution in [1.82, 2.24) is 24.5 Å². The molecule has 8 nitrogen and oxygen atoms in total. The zero-order valence-corrected chi connectivity index (χ0v) is 10.5. The fourth-order valence-corrected chi connectivity index (χ4v) is 2.39. The van der Waals surface area contributed by atoms with Gasteiger partial charge in [0.25, 0.3) is 5.56 Å². The van der Waals surface area contributed by atoms with E-state index in [1.165, 1.54) is 6.33 Å². The van der Waals surface area contributed by atoms with Crippen LogP contribution in [0.4, 0.5) is 4.39 Å². The van der Waals surface area contributed by atoms with Gasteiger partial charge in [0.2, 0.25) is 5.82 Å². The lowest BCUT2D eigenvalue weighted by molar-refractivity contribution is 0.281. The Labute approximate surface area is 113 Å². The van der Waals surface area contributed by atoms with Crippen LogP contribution in [0.5, 0.6) is 0 Å². The predicted molar refractivity (Wildman–Crippen MR) is 67.3 cm³/mol. The van der Waals surface area contributed by atoms with E-state index in [2.05, 4.69) is 15.0 Å². The summed E-state index contributed by atoms with van der Waals surface area (Å²) in [7, 11) is 0. The SMILES string of the molecule is O=c1[nH]c(=O)n(-c2ncnc3sc(CO)nc23)cc1F. The lowest BCUT2D eigenvalue weighted by Gasteiger charge is -2.03. The number of hydrogen-bond donors (Lipinski definition) is 2. The Bertz CT molecular complexity index is 915. The molecule has 3 aromatic heterocycles. The van der Waals surface area contributed by atoms with Gasteiger partial charge in [-0.3, -0.25) is 9.78 Å². The number of halogens is 1. The number of rotatable bonds is 2. The lowest BCUT2D eigenvalue weighted by Crippen LogP contribution is -2.31. The molecule has 10 heteroatoms. The van der Waals surface area contributed by atoms with Crippen LogP contribution in [0.25, 0.3) is 16.2 Å². The number of fused-ring (bicyclic) bond motifs is 1. The van der Waals surface area contributed by atoms with Crippen LogP contribution in [-0.2, 0) is 6.61 Å². The lowest BCUT2D eigenvalue weighted by atomic mass is 10.5. The van der Waals surface area contributed by atoms with Gasteiger partial charge in [-0.05, 0) is 0 Å². The van der Waals surface area contributed by atoms with Gasteiger partial charge in [0.05, 0.1) is 12.8 Å². The van der Waals surface area contributed by atoms with E-state index in [4.69, 9.17) is 5.11 Å². The molecule has 0 aliphatic heterocycles. The molecular formula is C10H6FN5O3S. The van der Waals surface area contributed by atoms with Gasteiger partial charge in [-0.25, -0.2) is 24.3 Å². The third-order valence-corrected chi connectivity index (χ3v) is 3.43. The molecule has 0 aliphatic carbocycles. The minimum Gasteiger partial charge on any atom is -0.389 e. The fraction of sp³-hybridized carbons (Fsp3) is 0.100. The van der Waals surface area contributed by atoms with Gasteiger partial charge in [0, 0.05) is 0 Å². The van der Waals surface area contributed by atoms with Crippen LogP contribution in [-0.4, -0.2) is 29.6 Å². The van der Waals surface area contributed by atoms with Crippen LogP contribution in [0.1, 0.15) is 5.01 Å². The van der Waals surface area contributed by atoms with E-state index in [0.29, 0.717) is 9.84 Å². The first-order valence-corrected chi connectivity index (χ1v) is 6.15. The number of thiazole rings is 1. The molecule has 3 heterocycles. The van der Waals surface area contributed by atoms with Crippen molar-refractivity contribution in [1.29, 1.82) is 0 Å². The van der Waals surface area contributed by atoms with Gasteiger partial charge in [0.1, 0.15) is 21.7 Å². The monoisotopic (exact) mass is 295 g/mol. The van der Waals surface area contributed by atoms with E-state index < -0.39 is 17.1 Å². The molecule has 0 aliphatic rings. The Morgan fingerprint density at radius 1 is 1.40 bits per heavy atom. The Balaban J connectivity index is 2.35. The molecule has 0 amide bonds. The molecule has 0 bridgehead atoms. The molecule has 0 saturated heterocycles. The number of hydrogen-bond acceptors (Lipinski definition) is 7. The summed E-state index contributed by atoms with van der Waals surface area (Å²) in [5.41, 5.74) is -1.70. The Kier molecular flexibility index (Phi) is 2.88. The predicted octanol–water partition coefficient (Wildman–Crippen LogP) is -0.443. The second-order valence-corrected chi connectivity index (χ2v) is 4.79. The number of aliphatic hydroxyl groups is 1. The summed E-state index contributed by atoms with van der Waals surface area (Å²) < 4.78 is 14.1. The van der Waals surface area contributed by atoms with Gasteiger partial charge in [-0.1, -0.05) is 11.3 Å². The largest absolute Gasteiger partial charge is 0.389 e. The van der Waals surface area contributed by atoms with Crippen molar-refractivity contribution in [3.05, 3.63) is 44.2 Å². The molecule has 0 spiro atoms. The van der Waals surface area contributed by atoms with E-state index in [0.717, 1.165) is 22.1 Å². The molecule has 3 rings (SSSR count). The van der Waals surface area contributed by atoms with Gasteiger partial charge < -0.3 is 5.11 Å². The maximum Gasteiger partial charge on any atom is 0.334 e. The van der Waals surface area contributed by atoms with Gasteiger partial charge in [-0.2, -0.15) is 4.39 Å². The molecule has 0 radical (unpaired) electrons. The summed E-state index contributed by atoms with van der Waals surface area (Å²) in [5.74, 6) is -1.08. The fourth-order valence-electron chi connectivity index (χ4n) is 1.63. The highest BCUT2D eigenvalue weighted by molar-refractivity contribution is 7.18. The summed E-state index contributed by atoms with van der Waals surface area (Å²) in [6, 6.07) is 0. The van der Waals surface area contributed by atoms with Crippen LogP contribution in [0.2, 0.25) is 0 Å². The molecular weight excluding hydrogens is 289 g/mol. The summed E-state index contributed by atoms with van der Waals surface area (Å²) >= 11 is 1.13. The molecule has 2 N–H and O–H groups in total. The highest BCUT2D eigenvalue weighted by Crippen LogP contribution is 2.22. The van der Waals surface area contributed by atoms with Crippen molar-refractivity contribution < 1.29 is 9.50 Å². The Morgan fingerprint density at radius 3 is 2.95 bits per heavy atom. The maximum atomic E-state index is 13.3. The smallest absolute Gasteiger partial charge is 0.334 e. The number of nitrogens with one attached hydrogen (secondary N) is 1. The minimum absolute atomic E-state index is 0.0334. The van der Waals surface area contributed by atoms with E-state index >= 15 is 0 Å². The molecule has 0 fully saturated rings. The van der Waals surface area contributed by atoms with Crippen LogP contribution < -0.4 is 11.2 Å². The molecule has 0 aromatic carbocycles. The standard InChI is InChI=1S/C10H6FN5O3S/c11-4-1-16(10(19)15-8(4)18)7-6-9(13-3-12-7)20-5(2-17)14-6/h1,3,17H,2H2,(H,15,18,19). The normalized spacial score (nSPS) is 11.1. The van der Waals surface area contributed by atoms with E-state index in [1.807, 2.05) is 4.98 Å². The Hall–Kier alpha value is -2.46. The van der Waals surface area contributed by atoms with Crippen molar-refractivity contribution in [2.75, 3.05) is 0 Å². The van der Waals surface area contributed by atoms with Crippen molar-refractivity contribution in [2.24, 2.45) is 0 Å². The third-order valence-electron chi connectivity index (χ3n) is 2.48. The number of aromatic nitrogens is 5. The first kappa shape index (κ1) is 12.6. The average Bonchev–Trinajstić information content (AvgIpc) is 2.86. The molecule has 0 atom stereocenters. The van der Waals surface area contributed by atoms with Crippen molar-refractivity contribution in [3.8, 4) is 5.82 Å². The number of aliphatic hydroxyl groups excluding tert-OH is 1. The second-order valence-electron chi connectivity index (χ2n) is 3.72. The number of H-pyrrole nitrogens is 1. The number of aromatic amines is 1. The highest BCUT2D eigenvalue weighted by Gasteiger charge is 2.14. The van der Waals surface area contributed by atoms with Crippen LogP contribution >= 0.6 is 11.3 Å². The second kappa shape index (κ2) is 4.58. The van der Waals surface area contributed by atoms with Crippen molar-refractivity contribution in [3.63, 3.8) is 0 Å². The summed E-state index contributed by atoms with van der Waals surface area (Å²) in [6.07, 6.45) is 1.92. The van der Waals surface area contributed by atoms with Crippen LogP contribution in [0, 0.1) is 5.82 Å². The van der Waals surface area contributed by atoms with Gasteiger partial charge in [0.15, 0.2) is 5.82 Å². The van der Waals surface area contributed by atoms with E-state index in [1.54, 1.807) is 0 Å². The van der Waals surface area contributed by atoms with Crippen molar-refractivity contribution in [2.45, 2.75) is 6.61 Å². The highest BCUT2D eigenvalue weighted by atomic mass is 32.1. The van der Waals surface area contributed by atoms with Gasteiger partial charge in [-0.15, -0.1) is 0 Å². The zero-order chi connectivity index (χ0) is 14.3. The van der Waals surface area contributed by atoms with E-state index in [9.17, 15) is 14.0 Å². The van der Waals surface area contributed by atoms with Crippen LogP contribution in [0.15, 0.2) is 22.1 Å². The first-order chi connectivity index (χ1) is 9.60. The zero-order valence-electron chi connectivity index (χ0n) is 9.70. The summed E-state index contributed by atoms with van der Waals surface area (Å²) in [4.78, 5) is 36.9. The first-order valence-electron chi connectivity index (χ1n) is 5.33. The number of nitrogens with zero attached hydrogens (tertiary/aromatic N) is 4. The maximum absolute atomic E-state index is 13.3. The van der Waals surface area contributed by atoms with Gasteiger partial charge >= 0.3 is 5.69 Å². The molecule has 3 aromatic rings. The average molecular weight is 295 g/mol.